The van der Waals surface area contributed by atoms with E-state index in [-0.39, 0.29) is 11.2 Å². The van der Waals surface area contributed by atoms with E-state index in [1.54, 1.807) is 13.4 Å². The number of anilines is 1. The van der Waals surface area contributed by atoms with E-state index in [0.717, 1.165) is 48.0 Å². The van der Waals surface area contributed by atoms with Gasteiger partial charge in [-0.15, -0.1) is 0 Å². The molecule has 17 heteroatoms. The minimum absolute atomic E-state index is 0.306. The van der Waals surface area contributed by atoms with Gasteiger partial charge in [-0.1, -0.05) is 23.7 Å². The predicted molar refractivity (Wildman–Crippen MR) is 145 cm³/mol. The second kappa shape index (κ2) is 12.9. The van der Waals surface area contributed by atoms with E-state index < -0.39 is 20.2 Å². The zero-order valence-corrected chi connectivity index (χ0v) is 23.7. The molecule has 2 aromatic heterocycles. The van der Waals surface area contributed by atoms with E-state index in [9.17, 15) is 26.4 Å². The van der Waals surface area contributed by atoms with Gasteiger partial charge in [0.05, 0.1) is 29.5 Å². The smallest absolute Gasteiger partial charge is 0.332 e. The first-order valence-electron chi connectivity index (χ1n) is 11.1. The molecule has 1 aliphatic rings. The molecule has 3 aromatic rings. The number of fused-ring (bicyclic) bond motifs is 1. The van der Waals surface area contributed by atoms with Crippen molar-refractivity contribution in [3.05, 3.63) is 56.5 Å². The lowest BCUT2D eigenvalue weighted by Crippen LogP contribution is -2.47. The first-order valence-corrected chi connectivity index (χ1v) is 15.2. The number of rotatable bonds is 4. The summed E-state index contributed by atoms with van der Waals surface area (Å²) in [7, 11) is -4.20. The molecule has 0 amide bonds. The average Bonchev–Trinajstić information content (AvgIpc) is 3.23. The molecule has 2 N–H and O–H groups in total. The lowest BCUT2D eigenvalue weighted by molar-refractivity contribution is 0.249. The maximum Gasteiger partial charge on any atom is 0.332 e. The summed E-state index contributed by atoms with van der Waals surface area (Å²) in [6.07, 6.45) is 3.07. The van der Waals surface area contributed by atoms with Crippen molar-refractivity contribution in [1.29, 1.82) is 0 Å². The molecule has 0 aliphatic carbocycles. The Labute approximate surface area is 225 Å². The number of piperazine rings is 1. The third-order valence-electron chi connectivity index (χ3n) is 5.44. The van der Waals surface area contributed by atoms with Crippen molar-refractivity contribution in [3.8, 4) is 0 Å². The summed E-state index contributed by atoms with van der Waals surface area (Å²) in [6.45, 7) is 5.13. The Balaban J connectivity index is 0.000000435. The number of imidazole rings is 1. The van der Waals surface area contributed by atoms with E-state index in [1.807, 2.05) is 22.8 Å². The number of aryl methyl sites for hydroxylation is 1. The normalized spacial score (nSPS) is 14.4. The number of hydrogen-bond donors (Lipinski definition) is 2. The second-order valence-corrected chi connectivity index (χ2v) is 11.9. The lowest BCUT2D eigenvalue weighted by atomic mass is 10.2. The molecule has 38 heavy (non-hydrogen) atoms. The first kappa shape index (κ1) is 31.5. The fourth-order valence-corrected chi connectivity index (χ4v) is 3.99. The highest BCUT2D eigenvalue weighted by Gasteiger charge is 2.19. The number of hydrogen-bond acceptors (Lipinski definition) is 9. The average molecular weight is 595 g/mol. The molecule has 3 heterocycles. The summed E-state index contributed by atoms with van der Waals surface area (Å²) in [5, 5.41) is 0.780. The SMILES string of the molecule is CS(=O)(=O)O.CS(=O)(=O)O.Cn1c(=O)c2c(ncn2CCN2CCN(c3ccccc3Cl)CC2)n(C)c1=O. The maximum absolute atomic E-state index is 12.5. The van der Waals surface area contributed by atoms with Crippen molar-refractivity contribution in [3.63, 3.8) is 0 Å². The van der Waals surface area contributed by atoms with Crippen LogP contribution >= 0.6 is 11.6 Å². The van der Waals surface area contributed by atoms with Gasteiger partial charge in [0.1, 0.15) is 0 Å². The Bertz CT molecular complexity index is 1540. The summed E-state index contributed by atoms with van der Waals surface area (Å²) in [5.41, 5.74) is 1.31. The van der Waals surface area contributed by atoms with Crippen LogP contribution in [0.3, 0.4) is 0 Å². The Morgan fingerprint density at radius 3 is 1.95 bits per heavy atom. The van der Waals surface area contributed by atoms with Crippen molar-refractivity contribution in [2.45, 2.75) is 6.54 Å². The van der Waals surface area contributed by atoms with E-state index >= 15 is 0 Å². The molecular formula is C21H31ClN6O8S2. The summed E-state index contributed by atoms with van der Waals surface area (Å²) in [4.78, 5) is 33.5. The highest BCUT2D eigenvalue weighted by molar-refractivity contribution is 7.85. The Hall–Kier alpha value is -2.76. The van der Waals surface area contributed by atoms with Gasteiger partial charge >= 0.3 is 5.69 Å². The van der Waals surface area contributed by atoms with Crippen molar-refractivity contribution in [2.24, 2.45) is 14.1 Å². The quantitative estimate of drug-likeness (QED) is 0.386. The van der Waals surface area contributed by atoms with E-state index in [0.29, 0.717) is 30.2 Å². The number of benzene rings is 1. The molecule has 4 rings (SSSR count). The molecule has 0 spiro atoms. The van der Waals surface area contributed by atoms with Crippen LogP contribution in [0.1, 0.15) is 0 Å². The van der Waals surface area contributed by atoms with Gasteiger partial charge in [-0.2, -0.15) is 16.8 Å². The number of para-hydroxylation sites is 1. The van der Waals surface area contributed by atoms with Gasteiger partial charge in [0.2, 0.25) is 0 Å². The third kappa shape index (κ3) is 9.52. The Morgan fingerprint density at radius 2 is 1.42 bits per heavy atom. The Morgan fingerprint density at radius 1 is 0.895 bits per heavy atom. The highest BCUT2D eigenvalue weighted by atomic mass is 35.5. The highest BCUT2D eigenvalue weighted by Crippen LogP contribution is 2.26. The van der Waals surface area contributed by atoms with Gasteiger partial charge < -0.3 is 9.47 Å². The van der Waals surface area contributed by atoms with Gasteiger partial charge in [0, 0.05) is 53.4 Å². The summed E-state index contributed by atoms with van der Waals surface area (Å²) in [6, 6.07) is 7.92. The third-order valence-corrected chi connectivity index (χ3v) is 5.76. The van der Waals surface area contributed by atoms with Gasteiger partial charge in [-0.25, -0.2) is 9.78 Å². The van der Waals surface area contributed by atoms with Crippen molar-refractivity contribution in [1.82, 2.24) is 23.6 Å². The minimum Gasteiger partial charge on any atom is -0.368 e. The molecule has 14 nitrogen and oxygen atoms in total. The molecule has 1 saturated heterocycles. The van der Waals surface area contributed by atoms with Gasteiger partial charge in [-0.3, -0.25) is 27.9 Å². The van der Waals surface area contributed by atoms with Gasteiger partial charge in [0.25, 0.3) is 25.8 Å². The first-order chi connectivity index (χ1) is 17.5. The van der Waals surface area contributed by atoms with Crippen LogP contribution in [-0.2, 0) is 40.9 Å². The predicted octanol–water partition coefficient (Wildman–Crippen LogP) is -0.0827. The molecular weight excluding hydrogens is 564 g/mol. The van der Waals surface area contributed by atoms with Crippen LogP contribution in [0.4, 0.5) is 5.69 Å². The maximum atomic E-state index is 12.5. The molecule has 0 saturated carbocycles. The van der Waals surface area contributed by atoms with Crippen molar-refractivity contribution < 1.29 is 25.9 Å². The summed E-state index contributed by atoms with van der Waals surface area (Å²) in [5.74, 6) is 0. The standard InChI is InChI=1S/C19H23ClN6O2.2CH4O3S/c1-22-17-16(18(27)23(2)19(22)28)26(13-21-17)12-9-24-7-10-25(11-8-24)15-6-4-3-5-14(15)20;2*1-5(2,3)4/h3-6,13H,7-12H2,1-2H3;2*1H3,(H,2,3,4). The van der Waals surface area contributed by atoms with Crippen molar-refractivity contribution >= 4 is 48.7 Å². The fourth-order valence-electron chi connectivity index (χ4n) is 3.74. The van der Waals surface area contributed by atoms with Crippen LogP contribution in [0, 0.1) is 0 Å². The van der Waals surface area contributed by atoms with Crippen LogP contribution in [0.2, 0.25) is 5.02 Å². The van der Waals surface area contributed by atoms with Crippen LogP contribution < -0.4 is 16.1 Å². The molecule has 1 fully saturated rings. The molecule has 1 aromatic carbocycles. The molecule has 212 valence electrons. The van der Waals surface area contributed by atoms with Crippen LogP contribution in [0.25, 0.3) is 11.2 Å². The van der Waals surface area contributed by atoms with E-state index in [1.165, 1.54) is 11.6 Å². The van der Waals surface area contributed by atoms with Crippen LogP contribution in [-0.4, -0.2) is 94.8 Å². The van der Waals surface area contributed by atoms with Crippen molar-refractivity contribution in [2.75, 3.05) is 50.1 Å². The minimum atomic E-state index is -3.67. The topological polar surface area (TPSA) is 177 Å². The molecule has 0 unspecified atom stereocenters. The molecule has 0 radical (unpaired) electrons. The zero-order chi connectivity index (χ0) is 28.8. The molecule has 0 atom stereocenters. The van der Waals surface area contributed by atoms with Gasteiger partial charge in [-0.05, 0) is 12.1 Å². The lowest BCUT2D eigenvalue weighted by Gasteiger charge is -2.36. The van der Waals surface area contributed by atoms with Crippen LogP contribution in [0.5, 0.6) is 0 Å². The summed E-state index contributed by atoms with van der Waals surface area (Å²) >= 11 is 6.31. The second-order valence-electron chi connectivity index (χ2n) is 8.56. The van der Waals surface area contributed by atoms with E-state index in [4.69, 9.17) is 20.7 Å². The van der Waals surface area contributed by atoms with Gasteiger partial charge in [0.15, 0.2) is 11.2 Å². The Kier molecular flexibility index (Phi) is 10.6. The zero-order valence-electron chi connectivity index (χ0n) is 21.4. The largest absolute Gasteiger partial charge is 0.368 e. The number of aromatic nitrogens is 4. The van der Waals surface area contributed by atoms with Crippen LogP contribution in [0.15, 0.2) is 40.2 Å². The monoisotopic (exact) mass is 594 g/mol. The summed E-state index contributed by atoms with van der Waals surface area (Å²) < 4.78 is 56.1. The number of halogens is 1. The molecule has 0 bridgehead atoms. The molecule has 1 aliphatic heterocycles. The fraction of sp³-hybridized carbons (Fsp3) is 0.476. The number of nitrogens with zero attached hydrogens (tertiary/aromatic N) is 6. The van der Waals surface area contributed by atoms with E-state index in [2.05, 4.69) is 20.9 Å².